The molecule has 0 spiro atoms. The van der Waals surface area contributed by atoms with Crippen LogP contribution in [-0.2, 0) is 16.0 Å². The molecule has 0 amide bonds. The maximum Gasteiger partial charge on any atom is 0.326 e. The number of hydrogen-bond acceptors (Lipinski definition) is 4. The average Bonchev–Trinajstić information content (AvgIpc) is 2.35. The van der Waals surface area contributed by atoms with E-state index in [9.17, 15) is 4.79 Å². The molecule has 1 unspecified atom stereocenters. The molecule has 0 saturated carbocycles. The molecule has 1 atom stereocenters. The predicted octanol–water partition coefficient (Wildman–Crippen LogP) is 2.69. The van der Waals surface area contributed by atoms with Gasteiger partial charge in [0.1, 0.15) is 16.9 Å². The number of carbonyl (C=O) groups is 1. The van der Waals surface area contributed by atoms with Gasteiger partial charge in [0.2, 0.25) is 0 Å². The molecule has 1 aromatic carbocycles. The molecule has 0 radical (unpaired) electrons. The van der Waals surface area contributed by atoms with E-state index in [1.165, 1.54) is 0 Å². The zero-order chi connectivity index (χ0) is 15.4. The first-order valence-electron chi connectivity index (χ1n) is 6.79. The first-order chi connectivity index (χ1) is 9.14. The number of nitrogens with two attached hydrogens (primary N) is 1. The van der Waals surface area contributed by atoms with Crippen molar-refractivity contribution in [2.45, 2.75) is 51.7 Å². The molecule has 0 bridgehead atoms. The van der Waals surface area contributed by atoms with E-state index in [1.807, 2.05) is 45.0 Å². The van der Waals surface area contributed by atoms with Crippen LogP contribution in [-0.4, -0.2) is 24.2 Å². The van der Waals surface area contributed by atoms with Crippen LogP contribution in [0.3, 0.4) is 0 Å². The van der Waals surface area contributed by atoms with Crippen molar-refractivity contribution in [3.8, 4) is 5.75 Å². The van der Waals surface area contributed by atoms with Gasteiger partial charge in [-0.3, -0.25) is 4.79 Å². The monoisotopic (exact) mass is 279 g/mol. The van der Waals surface area contributed by atoms with E-state index < -0.39 is 11.1 Å². The SMILES string of the molecule is COc1ccc(CCC(C)(N)C(=O)OC(C)(C)C)cc1. The van der Waals surface area contributed by atoms with Gasteiger partial charge in [-0.05, 0) is 58.2 Å². The topological polar surface area (TPSA) is 61.5 Å². The molecule has 20 heavy (non-hydrogen) atoms. The van der Waals surface area contributed by atoms with Crippen LogP contribution in [0.5, 0.6) is 5.75 Å². The molecule has 0 fully saturated rings. The average molecular weight is 279 g/mol. The number of esters is 1. The second-order valence-corrected chi connectivity index (χ2v) is 6.27. The molecule has 1 rings (SSSR count). The highest BCUT2D eigenvalue weighted by Crippen LogP contribution is 2.19. The van der Waals surface area contributed by atoms with Crippen molar-refractivity contribution in [2.24, 2.45) is 5.73 Å². The summed E-state index contributed by atoms with van der Waals surface area (Å²) in [5.41, 5.74) is 5.69. The summed E-state index contributed by atoms with van der Waals surface area (Å²) in [6.45, 7) is 7.23. The summed E-state index contributed by atoms with van der Waals surface area (Å²) in [5, 5.41) is 0. The fourth-order valence-electron chi connectivity index (χ4n) is 1.69. The van der Waals surface area contributed by atoms with Gasteiger partial charge in [-0.1, -0.05) is 12.1 Å². The Hall–Kier alpha value is -1.55. The first kappa shape index (κ1) is 16.5. The molecule has 0 saturated heterocycles. The zero-order valence-electron chi connectivity index (χ0n) is 13.0. The lowest BCUT2D eigenvalue weighted by Crippen LogP contribution is -2.48. The van der Waals surface area contributed by atoms with Crippen LogP contribution in [0.2, 0.25) is 0 Å². The number of carbonyl (C=O) groups excluding carboxylic acids is 1. The highest BCUT2D eigenvalue weighted by molar-refractivity contribution is 5.80. The lowest BCUT2D eigenvalue weighted by Gasteiger charge is -2.28. The molecule has 0 aliphatic heterocycles. The Balaban J connectivity index is 2.59. The van der Waals surface area contributed by atoms with Crippen LogP contribution in [0, 0.1) is 0 Å². The predicted molar refractivity (Wildman–Crippen MR) is 79.8 cm³/mol. The molecule has 1 aromatic rings. The van der Waals surface area contributed by atoms with E-state index in [2.05, 4.69) is 0 Å². The van der Waals surface area contributed by atoms with Crippen molar-refractivity contribution in [2.75, 3.05) is 7.11 Å². The molecular formula is C16H25NO3. The Morgan fingerprint density at radius 1 is 1.15 bits per heavy atom. The summed E-state index contributed by atoms with van der Waals surface area (Å²) in [6, 6.07) is 7.75. The summed E-state index contributed by atoms with van der Waals surface area (Å²) >= 11 is 0. The number of rotatable bonds is 5. The van der Waals surface area contributed by atoms with Gasteiger partial charge in [0.15, 0.2) is 0 Å². The van der Waals surface area contributed by atoms with Crippen molar-refractivity contribution >= 4 is 5.97 Å². The minimum atomic E-state index is -0.979. The number of methoxy groups -OCH3 is 1. The Bertz CT molecular complexity index is 444. The van der Waals surface area contributed by atoms with Crippen LogP contribution in [0.4, 0.5) is 0 Å². The molecule has 0 aliphatic carbocycles. The summed E-state index contributed by atoms with van der Waals surface area (Å²) in [6.07, 6.45) is 1.25. The van der Waals surface area contributed by atoms with Crippen LogP contribution < -0.4 is 10.5 Å². The van der Waals surface area contributed by atoms with Crippen molar-refractivity contribution < 1.29 is 14.3 Å². The summed E-state index contributed by atoms with van der Waals surface area (Å²) in [5.74, 6) is 0.454. The van der Waals surface area contributed by atoms with Gasteiger partial charge in [0.05, 0.1) is 7.11 Å². The van der Waals surface area contributed by atoms with E-state index >= 15 is 0 Å². The van der Waals surface area contributed by atoms with Gasteiger partial charge < -0.3 is 15.2 Å². The van der Waals surface area contributed by atoms with Crippen molar-refractivity contribution in [1.29, 1.82) is 0 Å². The third kappa shape index (κ3) is 5.21. The molecular weight excluding hydrogens is 254 g/mol. The summed E-state index contributed by atoms with van der Waals surface area (Å²) < 4.78 is 10.5. The maximum absolute atomic E-state index is 12.0. The van der Waals surface area contributed by atoms with E-state index in [4.69, 9.17) is 15.2 Å². The Kier molecular flexibility index (Phi) is 5.17. The first-order valence-corrected chi connectivity index (χ1v) is 6.79. The quantitative estimate of drug-likeness (QED) is 0.842. The van der Waals surface area contributed by atoms with Crippen molar-refractivity contribution in [3.05, 3.63) is 29.8 Å². The van der Waals surface area contributed by atoms with Gasteiger partial charge in [0, 0.05) is 0 Å². The number of benzene rings is 1. The summed E-state index contributed by atoms with van der Waals surface area (Å²) in [4.78, 5) is 12.0. The third-order valence-corrected chi connectivity index (χ3v) is 2.96. The Morgan fingerprint density at radius 3 is 2.15 bits per heavy atom. The van der Waals surface area contributed by atoms with E-state index in [0.29, 0.717) is 6.42 Å². The highest BCUT2D eigenvalue weighted by Gasteiger charge is 2.32. The van der Waals surface area contributed by atoms with Gasteiger partial charge in [-0.15, -0.1) is 0 Å². The van der Waals surface area contributed by atoms with E-state index in [0.717, 1.165) is 17.7 Å². The highest BCUT2D eigenvalue weighted by atomic mass is 16.6. The lowest BCUT2D eigenvalue weighted by molar-refractivity contribution is -0.161. The van der Waals surface area contributed by atoms with Crippen LogP contribution in [0.15, 0.2) is 24.3 Å². The van der Waals surface area contributed by atoms with E-state index in [1.54, 1.807) is 14.0 Å². The van der Waals surface area contributed by atoms with Crippen molar-refractivity contribution in [3.63, 3.8) is 0 Å². The van der Waals surface area contributed by atoms with Gasteiger partial charge in [-0.2, -0.15) is 0 Å². The third-order valence-electron chi connectivity index (χ3n) is 2.96. The molecule has 0 aliphatic rings. The molecule has 0 heterocycles. The minimum absolute atomic E-state index is 0.362. The largest absolute Gasteiger partial charge is 0.497 e. The molecule has 0 aromatic heterocycles. The minimum Gasteiger partial charge on any atom is -0.497 e. The van der Waals surface area contributed by atoms with Crippen LogP contribution >= 0.6 is 0 Å². The second kappa shape index (κ2) is 6.27. The summed E-state index contributed by atoms with van der Waals surface area (Å²) in [7, 11) is 1.63. The smallest absolute Gasteiger partial charge is 0.326 e. The van der Waals surface area contributed by atoms with Crippen molar-refractivity contribution in [1.82, 2.24) is 0 Å². The fraction of sp³-hybridized carbons (Fsp3) is 0.562. The fourth-order valence-corrected chi connectivity index (χ4v) is 1.69. The standard InChI is InChI=1S/C16H25NO3/c1-15(2,3)20-14(18)16(4,17)11-10-12-6-8-13(19-5)9-7-12/h6-9H,10-11,17H2,1-5H3. The normalized spacial score (nSPS) is 14.5. The van der Waals surface area contributed by atoms with Gasteiger partial charge >= 0.3 is 5.97 Å². The van der Waals surface area contributed by atoms with Gasteiger partial charge in [0.25, 0.3) is 0 Å². The number of hydrogen-bond donors (Lipinski definition) is 1. The van der Waals surface area contributed by atoms with E-state index in [-0.39, 0.29) is 5.97 Å². The Labute approximate surface area is 121 Å². The number of aryl methyl sites for hydroxylation is 1. The molecule has 4 nitrogen and oxygen atoms in total. The Morgan fingerprint density at radius 2 is 1.70 bits per heavy atom. The second-order valence-electron chi connectivity index (χ2n) is 6.27. The zero-order valence-corrected chi connectivity index (χ0v) is 13.0. The maximum atomic E-state index is 12.0. The number of ether oxygens (including phenoxy) is 2. The lowest BCUT2D eigenvalue weighted by atomic mass is 9.94. The van der Waals surface area contributed by atoms with Gasteiger partial charge in [-0.25, -0.2) is 0 Å². The van der Waals surface area contributed by atoms with Crippen LogP contribution in [0.1, 0.15) is 39.7 Å². The van der Waals surface area contributed by atoms with Crippen LogP contribution in [0.25, 0.3) is 0 Å². The molecule has 2 N–H and O–H groups in total. The molecule has 112 valence electrons. The molecule has 4 heteroatoms.